The first-order chi connectivity index (χ1) is 11.6. The van der Waals surface area contributed by atoms with E-state index in [2.05, 4.69) is 16.1 Å². The van der Waals surface area contributed by atoms with Crippen LogP contribution in [0, 0.1) is 6.92 Å². The maximum absolute atomic E-state index is 11.9. The molecule has 3 aromatic rings. The lowest BCUT2D eigenvalue weighted by atomic mass is 10.1. The van der Waals surface area contributed by atoms with Crippen LogP contribution in [0.3, 0.4) is 0 Å². The molecule has 1 aliphatic rings. The number of aromatic nitrogens is 4. The van der Waals surface area contributed by atoms with Crippen molar-refractivity contribution in [3.63, 3.8) is 0 Å². The van der Waals surface area contributed by atoms with Crippen LogP contribution in [0.25, 0.3) is 16.9 Å². The predicted octanol–water partition coefficient (Wildman–Crippen LogP) is 2.81. The van der Waals surface area contributed by atoms with Crippen molar-refractivity contribution >= 4 is 16.9 Å². The molecule has 122 valence electrons. The molecule has 1 aliphatic heterocycles. The van der Waals surface area contributed by atoms with E-state index in [1.807, 2.05) is 36.1 Å². The average molecular weight is 321 g/mol. The third-order valence-corrected chi connectivity index (χ3v) is 4.60. The number of nitrogens with zero attached hydrogens (tertiary/aromatic N) is 5. The van der Waals surface area contributed by atoms with Crippen LogP contribution in [-0.4, -0.2) is 37.1 Å². The van der Waals surface area contributed by atoms with Gasteiger partial charge in [0, 0.05) is 25.1 Å². The van der Waals surface area contributed by atoms with Crippen molar-refractivity contribution in [2.45, 2.75) is 32.7 Å². The number of likely N-dealkylation sites (tertiary alicyclic amines) is 1. The van der Waals surface area contributed by atoms with Crippen LogP contribution in [0.4, 0.5) is 0 Å². The first kappa shape index (κ1) is 14.8. The van der Waals surface area contributed by atoms with Gasteiger partial charge in [0.25, 0.3) is 0 Å². The summed E-state index contributed by atoms with van der Waals surface area (Å²) < 4.78 is 1.78. The molecule has 6 heteroatoms. The Morgan fingerprint density at radius 3 is 2.88 bits per heavy atom. The van der Waals surface area contributed by atoms with Crippen molar-refractivity contribution in [1.29, 1.82) is 0 Å². The molecule has 0 unspecified atom stereocenters. The van der Waals surface area contributed by atoms with Gasteiger partial charge in [0.15, 0.2) is 11.5 Å². The molecule has 0 N–H and O–H groups in total. The van der Waals surface area contributed by atoms with E-state index in [1.165, 1.54) is 0 Å². The third-order valence-electron chi connectivity index (χ3n) is 4.60. The summed E-state index contributed by atoms with van der Waals surface area (Å²) in [5.74, 6) is 0.851. The van der Waals surface area contributed by atoms with Crippen LogP contribution in [0.15, 0.2) is 36.5 Å². The van der Waals surface area contributed by atoms with Crippen molar-refractivity contribution in [3.8, 4) is 5.82 Å². The van der Waals surface area contributed by atoms with Gasteiger partial charge in [-0.1, -0.05) is 6.07 Å². The van der Waals surface area contributed by atoms with E-state index in [0.717, 1.165) is 47.6 Å². The molecule has 0 aliphatic carbocycles. The zero-order valence-electron chi connectivity index (χ0n) is 13.8. The molecule has 0 saturated carbocycles. The lowest BCUT2D eigenvalue weighted by Crippen LogP contribution is -2.28. The Balaban J connectivity index is 1.84. The number of hydrogen-bond donors (Lipinski definition) is 0. The Kier molecular flexibility index (Phi) is 3.52. The summed E-state index contributed by atoms with van der Waals surface area (Å²) in [5, 5.41) is 5.60. The Morgan fingerprint density at radius 1 is 1.25 bits per heavy atom. The fourth-order valence-corrected chi connectivity index (χ4v) is 3.43. The van der Waals surface area contributed by atoms with E-state index < -0.39 is 0 Å². The molecular weight excluding hydrogens is 302 g/mol. The van der Waals surface area contributed by atoms with Gasteiger partial charge in [0.05, 0.1) is 17.4 Å². The van der Waals surface area contributed by atoms with Gasteiger partial charge in [-0.2, -0.15) is 9.78 Å². The van der Waals surface area contributed by atoms with E-state index in [4.69, 9.17) is 4.98 Å². The van der Waals surface area contributed by atoms with Crippen LogP contribution in [0.5, 0.6) is 0 Å². The molecule has 4 heterocycles. The number of rotatable bonds is 2. The fourth-order valence-electron chi connectivity index (χ4n) is 3.43. The summed E-state index contributed by atoms with van der Waals surface area (Å²) in [6, 6.07) is 9.85. The highest BCUT2D eigenvalue weighted by Crippen LogP contribution is 2.32. The summed E-state index contributed by atoms with van der Waals surface area (Å²) in [6.07, 6.45) is 3.72. The highest BCUT2D eigenvalue weighted by Gasteiger charge is 2.29. The van der Waals surface area contributed by atoms with Crippen molar-refractivity contribution in [2.24, 2.45) is 0 Å². The second kappa shape index (κ2) is 5.70. The van der Waals surface area contributed by atoms with Crippen molar-refractivity contribution in [1.82, 2.24) is 24.6 Å². The number of hydrogen-bond acceptors (Lipinski definition) is 4. The van der Waals surface area contributed by atoms with Gasteiger partial charge in [-0.15, -0.1) is 0 Å². The molecule has 0 radical (unpaired) electrons. The lowest BCUT2D eigenvalue weighted by Gasteiger charge is -2.22. The molecule has 1 amide bonds. The molecule has 0 bridgehead atoms. The Bertz CT molecular complexity index is 902. The summed E-state index contributed by atoms with van der Waals surface area (Å²) in [5.41, 5.74) is 2.64. The van der Waals surface area contributed by atoms with Gasteiger partial charge >= 0.3 is 0 Å². The smallest absolute Gasteiger partial charge is 0.220 e. The third kappa shape index (κ3) is 2.35. The van der Waals surface area contributed by atoms with Crippen LogP contribution < -0.4 is 0 Å². The van der Waals surface area contributed by atoms with Gasteiger partial charge in [-0.3, -0.25) is 4.79 Å². The average Bonchev–Trinajstić information content (AvgIpc) is 3.21. The van der Waals surface area contributed by atoms with Crippen molar-refractivity contribution < 1.29 is 4.79 Å². The summed E-state index contributed by atoms with van der Waals surface area (Å²) in [4.78, 5) is 23.0. The summed E-state index contributed by atoms with van der Waals surface area (Å²) in [6.45, 7) is 4.40. The van der Waals surface area contributed by atoms with Gasteiger partial charge in [0.1, 0.15) is 0 Å². The molecule has 1 atom stereocenters. The van der Waals surface area contributed by atoms with Crippen LogP contribution >= 0.6 is 0 Å². The molecule has 4 rings (SSSR count). The normalized spacial score (nSPS) is 17.6. The number of pyridine rings is 2. The van der Waals surface area contributed by atoms with Gasteiger partial charge in [-0.05, 0) is 44.0 Å². The van der Waals surface area contributed by atoms with Gasteiger partial charge in [-0.25, -0.2) is 9.97 Å². The minimum absolute atomic E-state index is 0.0549. The minimum Gasteiger partial charge on any atom is -0.334 e. The van der Waals surface area contributed by atoms with E-state index >= 15 is 0 Å². The topological polar surface area (TPSA) is 63.9 Å². The number of carbonyl (C=O) groups is 1. The zero-order chi connectivity index (χ0) is 16.7. The fraction of sp³-hybridized carbons (Fsp3) is 0.333. The summed E-state index contributed by atoms with van der Waals surface area (Å²) >= 11 is 0. The zero-order valence-corrected chi connectivity index (χ0v) is 13.8. The Labute approximate surface area is 140 Å². The van der Waals surface area contributed by atoms with E-state index in [9.17, 15) is 4.79 Å². The molecule has 0 aromatic carbocycles. The van der Waals surface area contributed by atoms with Crippen LogP contribution in [0.1, 0.15) is 37.2 Å². The van der Waals surface area contributed by atoms with Crippen LogP contribution in [-0.2, 0) is 4.79 Å². The first-order valence-electron chi connectivity index (χ1n) is 8.20. The van der Waals surface area contributed by atoms with E-state index in [0.29, 0.717) is 0 Å². The van der Waals surface area contributed by atoms with Gasteiger partial charge < -0.3 is 4.90 Å². The van der Waals surface area contributed by atoms with Crippen molar-refractivity contribution in [3.05, 3.63) is 47.9 Å². The minimum atomic E-state index is 0.0549. The largest absolute Gasteiger partial charge is 0.334 e. The predicted molar refractivity (Wildman–Crippen MR) is 90.8 cm³/mol. The quantitative estimate of drug-likeness (QED) is 0.728. The summed E-state index contributed by atoms with van der Waals surface area (Å²) in [7, 11) is 0. The second-order valence-electron chi connectivity index (χ2n) is 6.16. The molecule has 6 nitrogen and oxygen atoms in total. The molecular formula is C18H19N5O. The van der Waals surface area contributed by atoms with E-state index in [-0.39, 0.29) is 11.9 Å². The van der Waals surface area contributed by atoms with Gasteiger partial charge in [0.2, 0.25) is 5.91 Å². The highest BCUT2D eigenvalue weighted by atomic mass is 16.2. The number of fused-ring (bicyclic) bond motifs is 1. The van der Waals surface area contributed by atoms with Crippen molar-refractivity contribution in [2.75, 3.05) is 6.54 Å². The molecule has 0 spiro atoms. The second-order valence-corrected chi connectivity index (χ2v) is 6.16. The van der Waals surface area contributed by atoms with E-state index in [1.54, 1.807) is 17.8 Å². The molecule has 1 fully saturated rings. The number of aryl methyl sites for hydroxylation is 1. The lowest BCUT2D eigenvalue weighted by molar-refractivity contribution is -0.129. The Hall–Kier alpha value is -2.76. The monoisotopic (exact) mass is 321 g/mol. The maximum Gasteiger partial charge on any atom is 0.220 e. The number of carbonyl (C=O) groups excluding carboxylic acids is 1. The standard InChI is InChI=1S/C18H19N5O/c1-12-14-8-9-15(16-6-5-11-22(16)13(2)24)20-18(14)23(21-12)17-7-3-4-10-19-17/h3-4,7-10,16H,5-6,11H2,1-2H3/t16-/m1/s1. The number of amides is 1. The first-order valence-corrected chi connectivity index (χ1v) is 8.20. The SMILES string of the molecule is CC(=O)N1CCC[C@@H]1c1ccc2c(C)nn(-c3ccccn3)c2n1. The van der Waals surface area contributed by atoms with Crippen LogP contribution in [0.2, 0.25) is 0 Å². The molecule has 24 heavy (non-hydrogen) atoms. The Morgan fingerprint density at radius 2 is 2.12 bits per heavy atom. The maximum atomic E-state index is 11.9. The highest BCUT2D eigenvalue weighted by molar-refractivity contribution is 5.80. The molecule has 3 aromatic heterocycles. The molecule has 1 saturated heterocycles.